The van der Waals surface area contributed by atoms with E-state index in [1.54, 1.807) is 12.1 Å². The molecule has 0 N–H and O–H groups in total. The first kappa shape index (κ1) is 16.2. The molecule has 0 radical (unpaired) electrons. The van der Waals surface area contributed by atoms with Crippen molar-refractivity contribution in [3.63, 3.8) is 0 Å². The number of rotatable bonds is 2. The molecular weight excluding hydrogens is 332 g/mol. The molecule has 3 aromatic rings. The topological polar surface area (TPSA) is 34.1 Å². The fourth-order valence-electron chi connectivity index (χ4n) is 4.97. The van der Waals surface area contributed by atoms with E-state index in [9.17, 15) is 9.59 Å². The molecule has 3 aromatic carbocycles. The standard InChI is InChI=1S/C25H20O2/c26-24-20-12-6-7-13-21(20)25(27)23(24)22-18-11-5-4-10-17(18)14-15-19(22)16-8-2-1-3-9-16/h1-13,19,22-23H,14-15H2/t19-,22+/m1/s1. The van der Waals surface area contributed by atoms with Crippen molar-refractivity contribution in [3.8, 4) is 0 Å². The van der Waals surface area contributed by atoms with Gasteiger partial charge in [0.05, 0.1) is 5.92 Å². The molecule has 2 aliphatic carbocycles. The van der Waals surface area contributed by atoms with Crippen LogP contribution in [0.15, 0.2) is 78.9 Å². The van der Waals surface area contributed by atoms with Crippen molar-refractivity contribution in [2.75, 3.05) is 0 Å². The zero-order valence-corrected chi connectivity index (χ0v) is 15.0. The second-order valence-corrected chi connectivity index (χ2v) is 7.53. The van der Waals surface area contributed by atoms with Crippen LogP contribution in [0.1, 0.15) is 55.7 Å². The number of Topliss-reactive ketones (excluding diaryl/α,β-unsaturated/α-hetero) is 2. The van der Waals surface area contributed by atoms with Crippen LogP contribution in [0, 0.1) is 5.92 Å². The molecule has 0 unspecified atom stereocenters. The Kier molecular flexibility index (Phi) is 3.78. The van der Waals surface area contributed by atoms with Crippen molar-refractivity contribution in [2.24, 2.45) is 5.92 Å². The first-order chi connectivity index (χ1) is 13.3. The fourth-order valence-corrected chi connectivity index (χ4v) is 4.97. The van der Waals surface area contributed by atoms with Crippen LogP contribution in [0.4, 0.5) is 0 Å². The maximum Gasteiger partial charge on any atom is 0.175 e. The van der Waals surface area contributed by atoms with Gasteiger partial charge >= 0.3 is 0 Å². The van der Waals surface area contributed by atoms with E-state index >= 15 is 0 Å². The molecule has 27 heavy (non-hydrogen) atoms. The number of carbonyl (C=O) groups is 2. The predicted molar refractivity (Wildman–Crippen MR) is 105 cm³/mol. The molecule has 0 bridgehead atoms. The Morgan fingerprint density at radius 3 is 1.96 bits per heavy atom. The summed E-state index contributed by atoms with van der Waals surface area (Å²) in [5.41, 5.74) is 4.82. The van der Waals surface area contributed by atoms with Crippen LogP contribution in [0.2, 0.25) is 0 Å². The normalized spacial score (nSPS) is 21.8. The maximum atomic E-state index is 13.3. The van der Waals surface area contributed by atoms with E-state index in [-0.39, 0.29) is 23.4 Å². The highest BCUT2D eigenvalue weighted by molar-refractivity contribution is 6.27. The molecule has 0 saturated carbocycles. The van der Waals surface area contributed by atoms with Gasteiger partial charge in [0.25, 0.3) is 0 Å². The molecule has 5 rings (SSSR count). The van der Waals surface area contributed by atoms with Crippen LogP contribution < -0.4 is 0 Å². The minimum Gasteiger partial charge on any atom is -0.293 e. The van der Waals surface area contributed by atoms with Gasteiger partial charge in [-0.15, -0.1) is 0 Å². The number of aryl methyl sites for hydroxylation is 1. The predicted octanol–water partition coefficient (Wildman–Crippen LogP) is 5.20. The van der Waals surface area contributed by atoms with Crippen molar-refractivity contribution in [3.05, 3.63) is 107 Å². The highest BCUT2D eigenvalue weighted by Crippen LogP contribution is 2.49. The van der Waals surface area contributed by atoms with Crippen LogP contribution in [0.3, 0.4) is 0 Å². The Labute approximate surface area is 158 Å². The summed E-state index contributed by atoms with van der Waals surface area (Å²) in [6.07, 6.45) is 1.94. The van der Waals surface area contributed by atoms with Crippen LogP contribution in [0.5, 0.6) is 0 Å². The molecule has 2 heteroatoms. The smallest absolute Gasteiger partial charge is 0.175 e. The lowest BCUT2D eigenvalue weighted by atomic mass is 9.66. The molecule has 2 atom stereocenters. The monoisotopic (exact) mass is 352 g/mol. The molecule has 2 aliphatic rings. The Morgan fingerprint density at radius 1 is 0.667 bits per heavy atom. The third-order valence-corrected chi connectivity index (χ3v) is 6.18. The minimum absolute atomic E-state index is 0.0155. The summed E-state index contributed by atoms with van der Waals surface area (Å²) in [5.74, 6) is -0.580. The first-order valence-electron chi connectivity index (χ1n) is 9.56. The summed E-state index contributed by atoms with van der Waals surface area (Å²) in [7, 11) is 0. The van der Waals surface area contributed by atoms with E-state index in [2.05, 4.69) is 24.3 Å². The van der Waals surface area contributed by atoms with Gasteiger partial charge in [-0.2, -0.15) is 0 Å². The molecule has 0 aliphatic heterocycles. The highest BCUT2D eigenvalue weighted by Gasteiger charge is 2.48. The van der Waals surface area contributed by atoms with E-state index < -0.39 is 5.92 Å². The lowest BCUT2D eigenvalue weighted by Crippen LogP contribution is -2.32. The number of fused-ring (bicyclic) bond motifs is 2. The van der Waals surface area contributed by atoms with E-state index in [0.29, 0.717) is 11.1 Å². The third-order valence-electron chi connectivity index (χ3n) is 6.18. The van der Waals surface area contributed by atoms with E-state index in [0.717, 1.165) is 18.4 Å². The number of carbonyl (C=O) groups excluding carboxylic acids is 2. The second-order valence-electron chi connectivity index (χ2n) is 7.53. The Hall–Kier alpha value is -3.00. The van der Waals surface area contributed by atoms with Crippen LogP contribution in [-0.2, 0) is 6.42 Å². The molecular formula is C25H20O2. The summed E-state index contributed by atoms with van der Waals surface area (Å²) >= 11 is 0. The van der Waals surface area contributed by atoms with Gasteiger partial charge in [0.15, 0.2) is 11.6 Å². The second kappa shape index (κ2) is 6.31. The van der Waals surface area contributed by atoms with Crippen molar-refractivity contribution in [1.29, 1.82) is 0 Å². The Morgan fingerprint density at radius 2 is 1.26 bits per heavy atom. The largest absolute Gasteiger partial charge is 0.293 e. The Bertz CT molecular complexity index is 1000. The van der Waals surface area contributed by atoms with Crippen LogP contribution in [-0.4, -0.2) is 11.6 Å². The van der Waals surface area contributed by atoms with Crippen LogP contribution >= 0.6 is 0 Å². The van der Waals surface area contributed by atoms with Gasteiger partial charge in [0.2, 0.25) is 0 Å². The van der Waals surface area contributed by atoms with Crippen molar-refractivity contribution in [2.45, 2.75) is 24.7 Å². The third kappa shape index (κ3) is 2.48. The first-order valence-corrected chi connectivity index (χ1v) is 9.56. The van der Waals surface area contributed by atoms with Crippen molar-refractivity contribution >= 4 is 11.6 Å². The molecule has 132 valence electrons. The molecule has 0 amide bonds. The van der Waals surface area contributed by atoms with Gasteiger partial charge in [0.1, 0.15) is 0 Å². The zero-order chi connectivity index (χ0) is 18.4. The van der Waals surface area contributed by atoms with Gasteiger partial charge in [-0.3, -0.25) is 9.59 Å². The summed E-state index contributed by atoms with van der Waals surface area (Å²) in [5, 5.41) is 0. The number of hydrogen-bond acceptors (Lipinski definition) is 2. The molecule has 0 saturated heterocycles. The van der Waals surface area contributed by atoms with Crippen LogP contribution in [0.25, 0.3) is 0 Å². The van der Waals surface area contributed by atoms with E-state index in [1.165, 1.54) is 11.1 Å². The van der Waals surface area contributed by atoms with Crippen molar-refractivity contribution in [1.82, 2.24) is 0 Å². The Balaban J connectivity index is 1.67. The fraction of sp³-hybridized carbons (Fsp3) is 0.200. The molecule has 0 aromatic heterocycles. The van der Waals surface area contributed by atoms with Gasteiger partial charge in [0, 0.05) is 17.0 Å². The summed E-state index contributed by atoms with van der Waals surface area (Å²) < 4.78 is 0. The molecule has 2 nitrogen and oxygen atoms in total. The lowest BCUT2D eigenvalue weighted by molar-refractivity contribution is 0.0800. The summed E-state index contributed by atoms with van der Waals surface area (Å²) in [6.45, 7) is 0. The highest BCUT2D eigenvalue weighted by atomic mass is 16.2. The van der Waals surface area contributed by atoms with Gasteiger partial charge in [-0.05, 0) is 35.4 Å². The number of benzene rings is 3. The molecule has 0 heterocycles. The van der Waals surface area contributed by atoms with E-state index in [1.807, 2.05) is 42.5 Å². The number of hydrogen-bond donors (Lipinski definition) is 0. The minimum atomic E-state index is -0.617. The van der Waals surface area contributed by atoms with Crippen molar-refractivity contribution < 1.29 is 9.59 Å². The average Bonchev–Trinajstić information content (AvgIpc) is 2.98. The zero-order valence-electron chi connectivity index (χ0n) is 15.0. The van der Waals surface area contributed by atoms with Gasteiger partial charge in [-0.1, -0.05) is 78.9 Å². The SMILES string of the molecule is O=C1c2ccccc2C(=O)C1[C@H]1c2ccccc2CC[C@@H]1c1ccccc1. The summed E-state index contributed by atoms with van der Waals surface area (Å²) in [4.78, 5) is 26.5. The average molecular weight is 352 g/mol. The van der Waals surface area contributed by atoms with Gasteiger partial charge < -0.3 is 0 Å². The van der Waals surface area contributed by atoms with Gasteiger partial charge in [-0.25, -0.2) is 0 Å². The number of ketones is 2. The van der Waals surface area contributed by atoms with E-state index in [4.69, 9.17) is 0 Å². The summed E-state index contributed by atoms with van der Waals surface area (Å²) in [6, 6.07) is 25.9. The molecule has 0 fully saturated rings. The molecule has 0 spiro atoms. The lowest BCUT2D eigenvalue weighted by Gasteiger charge is -2.36. The quantitative estimate of drug-likeness (QED) is 0.594. The maximum absolute atomic E-state index is 13.3.